The van der Waals surface area contributed by atoms with Crippen molar-refractivity contribution >= 4 is 23.4 Å². The Morgan fingerprint density at radius 3 is 2.92 bits per heavy atom. The van der Waals surface area contributed by atoms with Crippen LogP contribution in [0.2, 0.25) is 5.02 Å². The smallest absolute Gasteiger partial charge is 0.122 e. The number of rotatable bonds is 1. The molecule has 1 atom stereocenters. The predicted octanol–water partition coefficient (Wildman–Crippen LogP) is 1.69. The quantitative estimate of drug-likeness (QED) is 0.753. The highest BCUT2D eigenvalue weighted by molar-refractivity contribution is 7.99. The SMILES string of the molecule is Clc1ccccc1[C@H]1CSCC[NH2+]1. The summed E-state index contributed by atoms with van der Waals surface area (Å²) in [7, 11) is 0. The normalized spacial score (nSPS) is 23.0. The average Bonchev–Trinajstić information content (AvgIpc) is 2.20. The number of benzene rings is 1. The molecule has 2 N–H and O–H groups in total. The van der Waals surface area contributed by atoms with E-state index in [2.05, 4.69) is 17.4 Å². The molecule has 0 unspecified atom stereocenters. The molecule has 0 amide bonds. The van der Waals surface area contributed by atoms with Gasteiger partial charge in [-0.25, -0.2) is 0 Å². The summed E-state index contributed by atoms with van der Waals surface area (Å²) in [4.78, 5) is 0. The summed E-state index contributed by atoms with van der Waals surface area (Å²) in [5.74, 6) is 2.45. The fourth-order valence-corrected chi connectivity index (χ4v) is 2.94. The Morgan fingerprint density at radius 1 is 1.38 bits per heavy atom. The van der Waals surface area contributed by atoms with Gasteiger partial charge in [-0.15, -0.1) is 11.8 Å². The molecule has 1 nitrogen and oxygen atoms in total. The second-order valence-corrected chi connectivity index (χ2v) is 4.78. The molecule has 0 aliphatic carbocycles. The first-order chi connectivity index (χ1) is 6.38. The predicted molar refractivity (Wildman–Crippen MR) is 58.3 cm³/mol. The van der Waals surface area contributed by atoms with Crippen LogP contribution in [0.25, 0.3) is 0 Å². The maximum Gasteiger partial charge on any atom is 0.122 e. The van der Waals surface area contributed by atoms with Gasteiger partial charge >= 0.3 is 0 Å². The third kappa shape index (κ3) is 2.19. The Kier molecular flexibility index (Phi) is 3.14. The van der Waals surface area contributed by atoms with Crippen molar-refractivity contribution in [1.82, 2.24) is 0 Å². The molecule has 0 spiro atoms. The molecule has 1 saturated heterocycles. The summed E-state index contributed by atoms with van der Waals surface area (Å²) in [5, 5.41) is 3.30. The highest BCUT2D eigenvalue weighted by Gasteiger charge is 2.20. The molecule has 1 aliphatic rings. The van der Waals surface area contributed by atoms with Crippen molar-refractivity contribution in [2.45, 2.75) is 6.04 Å². The number of thioether (sulfide) groups is 1. The Hall–Kier alpha value is -0.180. The number of halogens is 1. The molecule has 1 aromatic rings. The lowest BCUT2D eigenvalue weighted by Crippen LogP contribution is -2.88. The Balaban J connectivity index is 2.18. The van der Waals surface area contributed by atoms with Gasteiger partial charge in [-0.3, -0.25) is 0 Å². The maximum absolute atomic E-state index is 6.13. The second-order valence-electron chi connectivity index (χ2n) is 3.23. The molecule has 1 fully saturated rings. The van der Waals surface area contributed by atoms with Crippen LogP contribution in [0, 0.1) is 0 Å². The van der Waals surface area contributed by atoms with E-state index in [4.69, 9.17) is 11.6 Å². The lowest BCUT2D eigenvalue weighted by molar-refractivity contribution is -0.689. The van der Waals surface area contributed by atoms with E-state index in [-0.39, 0.29) is 0 Å². The summed E-state index contributed by atoms with van der Waals surface area (Å²) in [5.41, 5.74) is 1.29. The van der Waals surface area contributed by atoms with Gasteiger partial charge in [0.2, 0.25) is 0 Å². The molecular formula is C10H13ClNS+. The zero-order valence-corrected chi connectivity index (χ0v) is 8.94. The highest BCUT2D eigenvalue weighted by atomic mass is 35.5. The van der Waals surface area contributed by atoms with E-state index in [1.54, 1.807) is 0 Å². The molecule has 70 valence electrons. The van der Waals surface area contributed by atoms with Gasteiger partial charge in [0.25, 0.3) is 0 Å². The van der Waals surface area contributed by atoms with Gasteiger partial charge in [-0.1, -0.05) is 29.8 Å². The standard InChI is InChI=1S/C10H12ClNS/c11-9-4-2-1-3-8(9)10-7-13-6-5-12-10/h1-4,10,12H,5-7H2/p+1/t10-/m1/s1. The van der Waals surface area contributed by atoms with Crippen LogP contribution < -0.4 is 5.32 Å². The molecule has 0 saturated carbocycles. The van der Waals surface area contributed by atoms with Gasteiger partial charge in [0.05, 0.1) is 12.3 Å². The van der Waals surface area contributed by atoms with Gasteiger partial charge in [0.15, 0.2) is 0 Å². The molecule has 0 radical (unpaired) electrons. The molecule has 13 heavy (non-hydrogen) atoms. The Morgan fingerprint density at radius 2 is 2.23 bits per heavy atom. The third-order valence-corrected chi connectivity index (χ3v) is 3.78. The average molecular weight is 215 g/mol. The van der Waals surface area contributed by atoms with E-state index in [0.29, 0.717) is 6.04 Å². The largest absolute Gasteiger partial charge is 0.339 e. The Labute approximate surface area is 87.9 Å². The molecule has 0 bridgehead atoms. The van der Waals surface area contributed by atoms with Gasteiger partial charge in [0.1, 0.15) is 6.04 Å². The molecule has 1 aliphatic heterocycles. The topological polar surface area (TPSA) is 16.6 Å². The third-order valence-electron chi connectivity index (χ3n) is 2.32. The first-order valence-electron chi connectivity index (χ1n) is 4.53. The minimum atomic E-state index is 0.562. The Bertz CT molecular complexity index is 284. The van der Waals surface area contributed by atoms with Crippen LogP contribution >= 0.6 is 23.4 Å². The van der Waals surface area contributed by atoms with Gasteiger partial charge < -0.3 is 5.32 Å². The van der Waals surface area contributed by atoms with Crippen molar-refractivity contribution in [2.24, 2.45) is 0 Å². The molecule has 2 rings (SSSR count). The monoisotopic (exact) mass is 214 g/mol. The first-order valence-corrected chi connectivity index (χ1v) is 6.06. The molecular weight excluding hydrogens is 202 g/mol. The van der Waals surface area contributed by atoms with Crippen molar-refractivity contribution in [1.29, 1.82) is 0 Å². The fourth-order valence-electron chi connectivity index (χ4n) is 1.62. The van der Waals surface area contributed by atoms with Crippen molar-refractivity contribution in [3.05, 3.63) is 34.9 Å². The fraction of sp³-hybridized carbons (Fsp3) is 0.400. The summed E-state index contributed by atoms with van der Waals surface area (Å²) in [6.07, 6.45) is 0. The van der Waals surface area contributed by atoms with Gasteiger partial charge in [-0.05, 0) is 6.07 Å². The lowest BCUT2D eigenvalue weighted by atomic mass is 10.1. The van der Waals surface area contributed by atoms with E-state index in [9.17, 15) is 0 Å². The summed E-state index contributed by atoms with van der Waals surface area (Å²) in [6.45, 7) is 1.21. The molecule has 1 aromatic carbocycles. The van der Waals surface area contributed by atoms with E-state index in [1.165, 1.54) is 23.6 Å². The first kappa shape index (κ1) is 9.38. The zero-order valence-electron chi connectivity index (χ0n) is 7.37. The van der Waals surface area contributed by atoms with Crippen LogP contribution in [-0.4, -0.2) is 18.1 Å². The van der Waals surface area contributed by atoms with Crippen molar-refractivity contribution in [3.63, 3.8) is 0 Å². The van der Waals surface area contributed by atoms with Crippen molar-refractivity contribution in [3.8, 4) is 0 Å². The summed E-state index contributed by atoms with van der Waals surface area (Å²) in [6, 6.07) is 8.72. The number of quaternary nitrogens is 1. The molecule has 0 aromatic heterocycles. The van der Waals surface area contributed by atoms with Crippen LogP contribution in [0.5, 0.6) is 0 Å². The van der Waals surface area contributed by atoms with Gasteiger partial charge in [-0.2, -0.15) is 0 Å². The van der Waals surface area contributed by atoms with E-state index in [0.717, 1.165) is 5.02 Å². The van der Waals surface area contributed by atoms with E-state index in [1.807, 2.05) is 23.9 Å². The lowest BCUT2D eigenvalue weighted by Gasteiger charge is -2.20. The minimum absolute atomic E-state index is 0.562. The summed E-state index contributed by atoms with van der Waals surface area (Å²) < 4.78 is 0. The van der Waals surface area contributed by atoms with E-state index < -0.39 is 0 Å². The molecule has 1 heterocycles. The van der Waals surface area contributed by atoms with E-state index >= 15 is 0 Å². The summed E-state index contributed by atoms with van der Waals surface area (Å²) >= 11 is 8.14. The van der Waals surface area contributed by atoms with Crippen LogP contribution in [-0.2, 0) is 0 Å². The minimum Gasteiger partial charge on any atom is -0.339 e. The van der Waals surface area contributed by atoms with Crippen LogP contribution in [0.1, 0.15) is 11.6 Å². The highest BCUT2D eigenvalue weighted by Crippen LogP contribution is 2.23. The number of hydrogen-bond acceptors (Lipinski definition) is 1. The second kappa shape index (κ2) is 4.36. The maximum atomic E-state index is 6.13. The van der Waals surface area contributed by atoms with Crippen LogP contribution in [0.15, 0.2) is 24.3 Å². The number of nitrogens with two attached hydrogens (primary N) is 1. The van der Waals surface area contributed by atoms with Gasteiger partial charge in [0, 0.05) is 16.3 Å². The van der Waals surface area contributed by atoms with Crippen LogP contribution in [0.4, 0.5) is 0 Å². The van der Waals surface area contributed by atoms with Crippen molar-refractivity contribution in [2.75, 3.05) is 18.1 Å². The number of hydrogen-bond donors (Lipinski definition) is 1. The zero-order chi connectivity index (χ0) is 9.10. The van der Waals surface area contributed by atoms with Crippen molar-refractivity contribution < 1.29 is 5.32 Å². The van der Waals surface area contributed by atoms with Crippen LogP contribution in [0.3, 0.4) is 0 Å². The molecule has 3 heteroatoms.